The van der Waals surface area contributed by atoms with Gasteiger partial charge in [-0.2, -0.15) is 0 Å². The Morgan fingerprint density at radius 3 is 2.44 bits per heavy atom. The Morgan fingerprint density at radius 1 is 0.889 bits per heavy atom. The Bertz CT molecular complexity index is 249. The van der Waals surface area contributed by atoms with Crippen LogP contribution in [0.4, 0.5) is 0 Å². The Balaban J connectivity index is 1.29. The van der Waals surface area contributed by atoms with Crippen LogP contribution in [0.25, 0.3) is 0 Å². The van der Waals surface area contributed by atoms with Crippen LogP contribution >= 0.6 is 0 Å². The minimum atomic E-state index is 0.359. The van der Waals surface area contributed by atoms with Crippen molar-refractivity contribution >= 4 is 0 Å². The molecule has 3 rings (SSSR count). The molecule has 2 aliphatic carbocycles. The van der Waals surface area contributed by atoms with Crippen LogP contribution in [-0.4, -0.2) is 37.5 Å². The van der Waals surface area contributed by atoms with Gasteiger partial charge < -0.3 is 14.8 Å². The van der Waals surface area contributed by atoms with E-state index in [0.29, 0.717) is 18.3 Å². The second-order valence-electron chi connectivity index (χ2n) is 6.23. The molecule has 3 nitrogen and oxygen atoms in total. The summed E-state index contributed by atoms with van der Waals surface area (Å²) < 4.78 is 12.1. The lowest BCUT2D eigenvalue weighted by molar-refractivity contribution is -0.0498. The van der Waals surface area contributed by atoms with Gasteiger partial charge in [0.25, 0.3) is 0 Å². The number of ether oxygens (including phenoxy) is 2. The maximum Gasteiger partial charge on any atom is 0.0814 e. The van der Waals surface area contributed by atoms with Gasteiger partial charge in [0.15, 0.2) is 0 Å². The highest BCUT2D eigenvalue weighted by molar-refractivity contribution is 4.84. The fourth-order valence-electron chi connectivity index (χ4n) is 3.11. The molecule has 104 valence electrons. The number of hydrogen-bond donors (Lipinski definition) is 1. The van der Waals surface area contributed by atoms with Gasteiger partial charge in [-0.05, 0) is 38.5 Å². The Hall–Kier alpha value is -0.120. The van der Waals surface area contributed by atoms with Crippen LogP contribution in [0.2, 0.25) is 0 Å². The zero-order chi connectivity index (χ0) is 12.2. The zero-order valence-electron chi connectivity index (χ0n) is 11.4. The summed E-state index contributed by atoms with van der Waals surface area (Å²) in [5.74, 6) is 0. The quantitative estimate of drug-likeness (QED) is 0.789. The van der Waals surface area contributed by atoms with Crippen molar-refractivity contribution in [2.75, 3.05) is 13.2 Å². The predicted molar refractivity (Wildman–Crippen MR) is 71.7 cm³/mol. The third-order valence-corrected chi connectivity index (χ3v) is 4.48. The standard InChI is InChI=1S/C15H27NO2/c1-2-4-13(5-3-1)17-11-15-9-8-14(18-15)10-16-12-6-7-12/h12-16H,1-11H2. The fourth-order valence-corrected chi connectivity index (χ4v) is 3.11. The summed E-state index contributed by atoms with van der Waals surface area (Å²) in [4.78, 5) is 0. The van der Waals surface area contributed by atoms with Crippen molar-refractivity contribution in [1.29, 1.82) is 0 Å². The van der Waals surface area contributed by atoms with Gasteiger partial charge in [-0.3, -0.25) is 0 Å². The maximum absolute atomic E-state index is 6.04. The SMILES string of the molecule is C1CCC(OCC2CCC(CNC3CC3)O2)CC1. The molecule has 0 aromatic carbocycles. The Kier molecular flexibility index (Phi) is 4.55. The van der Waals surface area contributed by atoms with Crippen molar-refractivity contribution in [2.24, 2.45) is 0 Å². The molecule has 2 atom stereocenters. The second kappa shape index (κ2) is 6.36. The summed E-state index contributed by atoms with van der Waals surface area (Å²) in [5.41, 5.74) is 0. The predicted octanol–water partition coefficient (Wildman–Crippen LogP) is 2.64. The van der Waals surface area contributed by atoms with E-state index in [1.807, 2.05) is 0 Å². The van der Waals surface area contributed by atoms with Crippen LogP contribution in [0.3, 0.4) is 0 Å². The van der Waals surface area contributed by atoms with Crippen LogP contribution in [0.5, 0.6) is 0 Å². The van der Waals surface area contributed by atoms with Crippen molar-refractivity contribution in [2.45, 2.75) is 82.1 Å². The smallest absolute Gasteiger partial charge is 0.0814 e. The largest absolute Gasteiger partial charge is 0.376 e. The first-order valence-corrected chi connectivity index (χ1v) is 7.90. The molecule has 0 aromatic rings. The summed E-state index contributed by atoms with van der Waals surface area (Å²) >= 11 is 0. The molecule has 0 bridgehead atoms. The summed E-state index contributed by atoms with van der Waals surface area (Å²) in [5, 5.41) is 3.56. The highest BCUT2D eigenvalue weighted by Gasteiger charge is 2.28. The van der Waals surface area contributed by atoms with E-state index in [1.54, 1.807) is 0 Å². The molecule has 1 aliphatic heterocycles. The normalized spacial score (nSPS) is 34.0. The van der Waals surface area contributed by atoms with E-state index in [-0.39, 0.29) is 0 Å². The van der Waals surface area contributed by atoms with E-state index < -0.39 is 0 Å². The minimum absolute atomic E-state index is 0.359. The van der Waals surface area contributed by atoms with Crippen LogP contribution in [0.15, 0.2) is 0 Å². The van der Waals surface area contributed by atoms with Crippen molar-refractivity contribution in [3.05, 3.63) is 0 Å². The summed E-state index contributed by atoms with van der Waals surface area (Å²) in [6, 6.07) is 0.797. The first-order valence-electron chi connectivity index (χ1n) is 7.90. The molecule has 3 fully saturated rings. The molecule has 18 heavy (non-hydrogen) atoms. The van der Waals surface area contributed by atoms with Gasteiger partial charge in [0, 0.05) is 12.6 Å². The highest BCUT2D eigenvalue weighted by atomic mass is 16.5. The van der Waals surface area contributed by atoms with Crippen molar-refractivity contribution in [3.63, 3.8) is 0 Å². The molecule has 0 radical (unpaired) electrons. The molecule has 0 spiro atoms. The molecular weight excluding hydrogens is 226 g/mol. The van der Waals surface area contributed by atoms with E-state index in [0.717, 1.165) is 19.2 Å². The molecule has 3 heteroatoms. The summed E-state index contributed by atoms with van der Waals surface area (Å²) in [6.07, 6.45) is 13.1. The molecule has 1 saturated heterocycles. The van der Waals surface area contributed by atoms with E-state index in [9.17, 15) is 0 Å². The van der Waals surface area contributed by atoms with Crippen LogP contribution < -0.4 is 5.32 Å². The molecule has 0 amide bonds. The topological polar surface area (TPSA) is 30.5 Å². The lowest BCUT2D eigenvalue weighted by atomic mass is 9.98. The van der Waals surface area contributed by atoms with Crippen LogP contribution in [0, 0.1) is 0 Å². The average molecular weight is 253 g/mol. The molecule has 2 unspecified atom stereocenters. The number of rotatable bonds is 6. The van der Waals surface area contributed by atoms with Gasteiger partial charge in [-0.1, -0.05) is 19.3 Å². The van der Waals surface area contributed by atoms with Gasteiger partial charge in [0.2, 0.25) is 0 Å². The van der Waals surface area contributed by atoms with E-state index in [1.165, 1.54) is 57.8 Å². The van der Waals surface area contributed by atoms with Crippen LogP contribution in [-0.2, 0) is 9.47 Å². The first-order chi connectivity index (χ1) is 8.90. The fraction of sp³-hybridized carbons (Fsp3) is 1.00. The highest BCUT2D eigenvalue weighted by Crippen LogP contribution is 2.25. The number of nitrogens with one attached hydrogen (secondary N) is 1. The average Bonchev–Trinajstić information content (AvgIpc) is 3.14. The minimum Gasteiger partial charge on any atom is -0.376 e. The monoisotopic (exact) mass is 253 g/mol. The molecule has 1 heterocycles. The van der Waals surface area contributed by atoms with Crippen molar-refractivity contribution in [3.8, 4) is 0 Å². The van der Waals surface area contributed by atoms with Gasteiger partial charge in [-0.15, -0.1) is 0 Å². The third kappa shape index (κ3) is 3.94. The van der Waals surface area contributed by atoms with Crippen molar-refractivity contribution in [1.82, 2.24) is 5.32 Å². The lowest BCUT2D eigenvalue weighted by Gasteiger charge is -2.23. The van der Waals surface area contributed by atoms with Gasteiger partial charge >= 0.3 is 0 Å². The van der Waals surface area contributed by atoms with Gasteiger partial charge in [0.05, 0.1) is 24.9 Å². The van der Waals surface area contributed by atoms with Gasteiger partial charge in [0.1, 0.15) is 0 Å². The summed E-state index contributed by atoms with van der Waals surface area (Å²) in [7, 11) is 0. The molecule has 1 N–H and O–H groups in total. The molecular formula is C15H27NO2. The Morgan fingerprint density at radius 2 is 1.67 bits per heavy atom. The van der Waals surface area contributed by atoms with Crippen molar-refractivity contribution < 1.29 is 9.47 Å². The van der Waals surface area contributed by atoms with E-state index in [4.69, 9.17) is 9.47 Å². The summed E-state index contributed by atoms with van der Waals surface area (Å²) in [6.45, 7) is 1.87. The third-order valence-electron chi connectivity index (χ3n) is 4.48. The van der Waals surface area contributed by atoms with E-state index in [2.05, 4.69) is 5.32 Å². The maximum atomic E-state index is 6.04. The van der Waals surface area contributed by atoms with Crippen LogP contribution in [0.1, 0.15) is 57.8 Å². The Labute approximate surface area is 111 Å². The lowest BCUT2D eigenvalue weighted by Crippen LogP contribution is -2.30. The molecule has 0 aromatic heterocycles. The molecule has 2 saturated carbocycles. The second-order valence-corrected chi connectivity index (χ2v) is 6.23. The van der Waals surface area contributed by atoms with E-state index >= 15 is 0 Å². The number of hydrogen-bond acceptors (Lipinski definition) is 3. The zero-order valence-corrected chi connectivity index (χ0v) is 11.4. The first kappa shape index (κ1) is 12.9. The van der Waals surface area contributed by atoms with Gasteiger partial charge in [-0.25, -0.2) is 0 Å². The molecule has 3 aliphatic rings.